The highest BCUT2D eigenvalue weighted by Gasteiger charge is 2.24. The van der Waals surface area contributed by atoms with E-state index in [4.69, 9.17) is 4.74 Å². The summed E-state index contributed by atoms with van der Waals surface area (Å²) >= 11 is 2.18. The van der Waals surface area contributed by atoms with Crippen molar-refractivity contribution in [3.8, 4) is 0 Å². The van der Waals surface area contributed by atoms with Crippen LogP contribution in [0.25, 0.3) is 16.8 Å². The molecule has 7 heteroatoms. The molecule has 0 amide bonds. The normalized spacial score (nSPS) is 16.1. The Morgan fingerprint density at radius 2 is 1.96 bits per heavy atom. The van der Waals surface area contributed by atoms with Crippen molar-refractivity contribution in [3.05, 3.63) is 53.5 Å². The standard InChI is InChI=1S/C20H18FNO3S2/c1-20(2,3)25-17(23)11-26-19-22-16(18(24)27-19)9-12-4-5-13-6-7-15(21)10-14(13)8-12/h4-10H,11H2,1-3H3. The van der Waals surface area contributed by atoms with Crippen molar-refractivity contribution in [2.45, 2.75) is 26.4 Å². The first-order chi connectivity index (χ1) is 12.7. The molecule has 2 aromatic rings. The zero-order valence-corrected chi connectivity index (χ0v) is 16.7. The molecule has 3 rings (SSSR count). The van der Waals surface area contributed by atoms with Crippen LogP contribution in [0.3, 0.4) is 0 Å². The van der Waals surface area contributed by atoms with Crippen LogP contribution in [0.15, 0.2) is 47.1 Å². The predicted octanol–water partition coefficient (Wildman–Crippen LogP) is 5.02. The number of halogens is 1. The second-order valence-corrected chi connectivity index (χ2v) is 9.11. The van der Waals surface area contributed by atoms with Crippen LogP contribution in [0.2, 0.25) is 0 Å². The maximum Gasteiger partial charge on any atom is 0.316 e. The first kappa shape index (κ1) is 19.6. The molecular formula is C20H18FNO3S2. The molecule has 0 spiro atoms. The van der Waals surface area contributed by atoms with Gasteiger partial charge in [0.15, 0.2) is 0 Å². The van der Waals surface area contributed by atoms with Gasteiger partial charge in [-0.25, -0.2) is 9.38 Å². The third-order valence-electron chi connectivity index (χ3n) is 3.46. The molecule has 0 saturated carbocycles. The third-order valence-corrected chi connectivity index (χ3v) is 5.45. The largest absolute Gasteiger partial charge is 0.459 e. The lowest BCUT2D eigenvalue weighted by Gasteiger charge is -2.19. The minimum absolute atomic E-state index is 0.0961. The zero-order chi connectivity index (χ0) is 19.6. The fourth-order valence-corrected chi connectivity index (χ4v) is 4.04. The highest BCUT2D eigenvalue weighted by molar-refractivity contribution is 8.45. The number of nitrogens with zero attached hydrogens (tertiary/aromatic N) is 1. The van der Waals surface area contributed by atoms with E-state index in [0.29, 0.717) is 10.1 Å². The Bertz CT molecular complexity index is 977. The summed E-state index contributed by atoms with van der Waals surface area (Å²) in [5.41, 5.74) is 0.528. The quantitative estimate of drug-likeness (QED) is 0.532. The third kappa shape index (κ3) is 5.43. The number of aliphatic imine (C=N–C) groups is 1. The molecule has 0 N–H and O–H groups in total. The number of carbonyl (C=O) groups is 2. The lowest BCUT2D eigenvalue weighted by Crippen LogP contribution is -2.25. The van der Waals surface area contributed by atoms with Crippen LogP contribution >= 0.6 is 23.5 Å². The van der Waals surface area contributed by atoms with Crippen molar-refractivity contribution >= 4 is 55.8 Å². The Morgan fingerprint density at radius 3 is 2.70 bits per heavy atom. The van der Waals surface area contributed by atoms with E-state index in [0.717, 1.165) is 28.1 Å². The van der Waals surface area contributed by atoms with Gasteiger partial charge in [-0.15, -0.1) is 0 Å². The van der Waals surface area contributed by atoms with Crippen LogP contribution < -0.4 is 0 Å². The lowest BCUT2D eigenvalue weighted by molar-refractivity contribution is -0.151. The van der Waals surface area contributed by atoms with Crippen molar-refractivity contribution in [1.29, 1.82) is 0 Å². The predicted molar refractivity (Wildman–Crippen MR) is 110 cm³/mol. The van der Waals surface area contributed by atoms with Gasteiger partial charge in [0.05, 0.1) is 5.75 Å². The van der Waals surface area contributed by atoms with Crippen LogP contribution in [0.4, 0.5) is 4.39 Å². The van der Waals surface area contributed by atoms with Crippen molar-refractivity contribution in [1.82, 2.24) is 0 Å². The van der Waals surface area contributed by atoms with Gasteiger partial charge in [-0.1, -0.05) is 30.0 Å². The second kappa shape index (κ2) is 7.86. The van der Waals surface area contributed by atoms with E-state index in [2.05, 4.69) is 4.99 Å². The van der Waals surface area contributed by atoms with E-state index >= 15 is 0 Å². The number of carbonyl (C=O) groups excluding carboxylic acids is 2. The van der Waals surface area contributed by atoms with Gasteiger partial charge in [0, 0.05) is 0 Å². The molecule has 0 saturated heterocycles. The molecule has 0 aromatic heterocycles. The fraction of sp³-hybridized carbons (Fsp3) is 0.250. The lowest BCUT2D eigenvalue weighted by atomic mass is 10.1. The Balaban J connectivity index is 1.73. The molecule has 0 fully saturated rings. The summed E-state index contributed by atoms with van der Waals surface area (Å²) in [7, 11) is 0. The molecule has 1 aliphatic heterocycles. The van der Waals surface area contributed by atoms with Crippen LogP contribution in [0, 0.1) is 5.82 Å². The first-order valence-electron chi connectivity index (χ1n) is 8.26. The van der Waals surface area contributed by atoms with Crippen molar-refractivity contribution in [2.75, 3.05) is 5.75 Å². The average Bonchev–Trinajstić information content (AvgIpc) is 2.91. The number of hydrogen-bond donors (Lipinski definition) is 0. The number of benzene rings is 2. The van der Waals surface area contributed by atoms with Crippen molar-refractivity contribution < 1.29 is 18.7 Å². The van der Waals surface area contributed by atoms with E-state index in [1.165, 1.54) is 23.9 Å². The summed E-state index contributed by atoms with van der Waals surface area (Å²) in [4.78, 5) is 28.3. The number of esters is 1. The van der Waals surface area contributed by atoms with Gasteiger partial charge in [0.2, 0.25) is 5.12 Å². The SMILES string of the molecule is CC(C)(C)OC(=O)CSC1=NC(=Cc2ccc3ccc(F)cc3c2)C(=O)S1. The van der Waals surface area contributed by atoms with Gasteiger partial charge in [-0.3, -0.25) is 9.59 Å². The fourth-order valence-electron chi connectivity index (χ4n) is 2.43. The molecule has 0 aliphatic carbocycles. The Morgan fingerprint density at radius 1 is 1.22 bits per heavy atom. The molecule has 27 heavy (non-hydrogen) atoms. The molecule has 1 aliphatic rings. The smallest absolute Gasteiger partial charge is 0.316 e. The molecule has 0 unspecified atom stereocenters. The number of thioether (sulfide) groups is 2. The van der Waals surface area contributed by atoms with Crippen molar-refractivity contribution in [2.24, 2.45) is 4.99 Å². The van der Waals surface area contributed by atoms with E-state index in [9.17, 15) is 14.0 Å². The van der Waals surface area contributed by atoms with Crippen LogP contribution in [0.5, 0.6) is 0 Å². The number of rotatable bonds is 3. The molecule has 2 aromatic carbocycles. The van der Waals surface area contributed by atoms with Gasteiger partial charge >= 0.3 is 5.97 Å². The van der Waals surface area contributed by atoms with E-state index < -0.39 is 5.60 Å². The molecule has 0 bridgehead atoms. The highest BCUT2D eigenvalue weighted by atomic mass is 32.2. The van der Waals surface area contributed by atoms with Gasteiger partial charge in [0.1, 0.15) is 21.5 Å². The number of fused-ring (bicyclic) bond motifs is 1. The monoisotopic (exact) mass is 403 g/mol. The minimum Gasteiger partial charge on any atom is -0.459 e. The van der Waals surface area contributed by atoms with Crippen LogP contribution in [-0.4, -0.2) is 26.8 Å². The zero-order valence-electron chi connectivity index (χ0n) is 15.1. The van der Waals surface area contributed by atoms with Gasteiger partial charge in [-0.2, -0.15) is 0 Å². The summed E-state index contributed by atoms with van der Waals surface area (Å²) in [5, 5.41) is 1.50. The molecular weight excluding hydrogens is 385 g/mol. The van der Waals surface area contributed by atoms with Crippen LogP contribution in [-0.2, 0) is 14.3 Å². The number of hydrogen-bond acceptors (Lipinski definition) is 6. The summed E-state index contributed by atoms with van der Waals surface area (Å²) in [6.07, 6.45) is 1.67. The minimum atomic E-state index is -0.543. The highest BCUT2D eigenvalue weighted by Crippen LogP contribution is 2.31. The topological polar surface area (TPSA) is 55.7 Å². The van der Waals surface area contributed by atoms with Gasteiger partial charge < -0.3 is 4.74 Å². The molecule has 1 heterocycles. The Kier molecular flexibility index (Phi) is 5.72. The summed E-state index contributed by atoms with van der Waals surface area (Å²) in [6, 6.07) is 10.1. The van der Waals surface area contributed by atoms with Gasteiger partial charge in [0.25, 0.3) is 0 Å². The van der Waals surface area contributed by atoms with E-state index in [1.807, 2.05) is 18.2 Å². The van der Waals surface area contributed by atoms with E-state index in [-0.39, 0.29) is 22.7 Å². The average molecular weight is 404 g/mol. The molecule has 0 radical (unpaired) electrons. The summed E-state index contributed by atoms with van der Waals surface area (Å²) in [6.45, 7) is 5.41. The van der Waals surface area contributed by atoms with Gasteiger partial charge in [-0.05, 0) is 73.1 Å². The maximum atomic E-state index is 13.4. The van der Waals surface area contributed by atoms with E-state index in [1.54, 1.807) is 32.9 Å². The Hall–Kier alpha value is -2.12. The van der Waals surface area contributed by atoms with Crippen molar-refractivity contribution in [3.63, 3.8) is 0 Å². The molecule has 4 nitrogen and oxygen atoms in total. The van der Waals surface area contributed by atoms with Crippen LogP contribution in [0.1, 0.15) is 26.3 Å². The summed E-state index contributed by atoms with van der Waals surface area (Å²) < 4.78 is 19.2. The second-order valence-electron chi connectivity index (χ2n) is 6.92. The Labute approximate surface area is 165 Å². The first-order valence-corrected chi connectivity index (χ1v) is 10.1. The summed E-state index contributed by atoms with van der Waals surface area (Å²) in [5.74, 6) is -0.560. The molecule has 140 valence electrons. The number of ether oxygens (including phenoxy) is 1. The maximum absolute atomic E-state index is 13.4. The molecule has 0 atom stereocenters.